The van der Waals surface area contributed by atoms with Gasteiger partial charge in [0.15, 0.2) is 0 Å². The smallest absolute Gasteiger partial charge is 0.255 e. The molecule has 2 aromatic rings. The molecule has 1 unspecified atom stereocenters. The van der Waals surface area contributed by atoms with Gasteiger partial charge in [-0.3, -0.25) is 0 Å². The van der Waals surface area contributed by atoms with Crippen molar-refractivity contribution < 1.29 is 9.13 Å². The van der Waals surface area contributed by atoms with Crippen molar-refractivity contribution in [3.05, 3.63) is 47.9 Å². The molecule has 1 saturated heterocycles. The quantitative estimate of drug-likeness (QED) is 0.837. The summed E-state index contributed by atoms with van der Waals surface area (Å²) in [6, 6.07) is 10.6. The van der Waals surface area contributed by atoms with Gasteiger partial charge in [-0.25, -0.2) is 4.98 Å². The molecule has 0 spiro atoms. The summed E-state index contributed by atoms with van der Waals surface area (Å²) in [6.07, 6.45) is 4.61. The van der Waals surface area contributed by atoms with Gasteiger partial charge in [-0.15, -0.1) is 0 Å². The standard InChI is InChI=1S/C19H25FN4O/c1-25-18-17(20)13-22-19(23-18)21-12-16-8-5-10-24(14-16)11-9-15-6-3-2-4-7-15/h2-4,6-7,13,16H,5,8-12,14H2,1H3,(H,21,22,23). The number of halogens is 1. The van der Waals surface area contributed by atoms with Crippen LogP contribution < -0.4 is 10.1 Å². The fourth-order valence-corrected chi connectivity index (χ4v) is 3.27. The van der Waals surface area contributed by atoms with Crippen molar-refractivity contribution >= 4 is 5.95 Å². The summed E-state index contributed by atoms with van der Waals surface area (Å²) < 4.78 is 18.3. The van der Waals surface area contributed by atoms with E-state index in [4.69, 9.17) is 4.74 Å². The Balaban J connectivity index is 1.46. The van der Waals surface area contributed by atoms with Gasteiger partial charge in [0.25, 0.3) is 5.88 Å². The SMILES string of the molecule is COc1nc(NCC2CCCN(CCc3ccccc3)C2)ncc1F. The first kappa shape index (κ1) is 17.6. The first-order valence-electron chi connectivity index (χ1n) is 8.81. The lowest BCUT2D eigenvalue weighted by molar-refractivity contribution is 0.182. The Morgan fingerprint density at radius 1 is 1.32 bits per heavy atom. The Bertz CT molecular complexity index is 668. The summed E-state index contributed by atoms with van der Waals surface area (Å²) >= 11 is 0. The van der Waals surface area contributed by atoms with E-state index >= 15 is 0 Å². The van der Waals surface area contributed by atoms with E-state index in [1.54, 1.807) is 0 Å². The summed E-state index contributed by atoms with van der Waals surface area (Å²) in [6.45, 7) is 4.10. The predicted octanol–water partition coefficient (Wildman–Crippen LogP) is 2.99. The number of nitrogens with zero attached hydrogens (tertiary/aromatic N) is 3. The molecule has 25 heavy (non-hydrogen) atoms. The molecule has 2 heterocycles. The monoisotopic (exact) mass is 344 g/mol. The number of rotatable bonds is 7. The minimum Gasteiger partial charge on any atom is -0.479 e. The molecule has 6 heteroatoms. The van der Waals surface area contributed by atoms with E-state index in [-0.39, 0.29) is 5.88 Å². The Kier molecular flexibility index (Phi) is 6.17. The Hall–Kier alpha value is -2.21. The summed E-state index contributed by atoms with van der Waals surface area (Å²) in [5.74, 6) is 0.396. The lowest BCUT2D eigenvalue weighted by Crippen LogP contribution is -2.39. The van der Waals surface area contributed by atoms with Crippen molar-refractivity contribution in [3.63, 3.8) is 0 Å². The highest BCUT2D eigenvalue weighted by molar-refractivity contribution is 5.28. The lowest BCUT2D eigenvalue weighted by atomic mass is 9.97. The minimum absolute atomic E-state index is 0.0226. The third-order valence-corrected chi connectivity index (χ3v) is 4.62. The largest absolute Gasteiger partial charge is 0.479 e. The molecule has 1 N–H and O–H groups in total. The van der Waals surface area contributed by atoms with Gasteiger partial charge in [0, 0.05) is 19.6 Å². The van der Waals surface area contributed by atoms with Gasteiger partial charge in [0.1, 0.15) is 0 Å². The van der Waals surface area contributed by atoms with Gasteiger partial charge in [0.05, 0.1) is 13.3 Å². The summed E-state index contributed by atoms with van der Waals surface area (Å²) in [5, 5.41) is 3.22. The fraction of sp³-hybridized carbons (Fsp3) is 0.474. The van der Waals surface area contributed by atoms with Crippen LogP contribution in [0.1, 0.15) is 18.4 Å². The molecule has 1 fully saturated rings. The van der Waals surface area contributed by atoms with Crippen LogP contribution in [-0.4, -0.2) is 48.2 Å². The van der Waals surface area contributed by atoms with Crippen LogP contribution in [0.3, 0.4) is 0 Å². The number of benzene rings is 1. The second-order valence-corrected chi connectivity index (χ2v) is 6.48. The third-order valence-electron chi connectivity index (χ3n) is 4.62. The molecule has 0 aliphatic carbocycles. The number of hydrogen-bond donors (Lipinski definition) is 1. The van der Waals surface area contributed by atoms with E-state index in [9.17, 15) is 4.39 Å². The van der Waals surface area contributed by atoms with E-state index < -0.39 is 5.82 Å². The van der Waals surface area contributed by atoms with Gasteiger partial charge in [-0.1, -0.05) is 30.3 Å². The number of likely N-dealkylation sites (tertiary alicyclic amines) is 1. The van der Waals surface area contributed by atoms with Crippen LogP contribution in [0.4, 0.5) is 10.3 Å². The van der Waals surface area contributed by atoms with Crippen molar-refractivity contribution in [1.29, 1.82) is 0 Å². The molecule has 0 amide bonds. The molecule has 1 aromatic heterocycles. The van der Waals surface area contributed by atoms with E-state index in [0.29, 0.717) is 11.9 Å². The molecule has 0 radical (unpaired) electrons. The van der Waals surface area contributed by atoms with E-state index in [2.05, 4.69) is 50.5 Å². The molecule has 3 rings (SSSR count). The van der Waals surface area contributed by atoms with Crippen molar-refractivity contribution in [2.24, 2.45) is 5.92 Å². The molecule has 1 atom stereocenters. The third kappa shape index (κ3) is 5.13. The number of ether oxygens (including phenoxy) is 1. The topological polar surface area (TPSA) is 50.3 Å². The minimum atomic E-state index is -0.544. The first-order valence-corrected chi connectivity index (χ1v) is 8.81. The summed E-state index contributed by atoms with van der Waals surface area (Å²) in [4.78, 5) is 10.5. The van der Waals surface area contributed by atoms with Crippen molar-refractivity contribution in [2.45, 2.75) is 19.3 Å². The zero-order chi connectivity index (χ0) is 17.5. The molecule has 0 saturated carbocycles. The second kappa shape index (κ2) is 8.76. The highest BCUT2D eigenvalue weighted by Gasteiger charge is 2.20. The maximum Gasteiger partial charge on any atom is 0.255 e. The van der Waals surface area contributed by atoms with Crippen LogP contribution in [-0.2, 0) is 6.42 Å². The van der Waals surface area contributed by atoms with Gasteiger partial charge in [-0.05, 0) is 37.3 Å². The van der Waals surface area contributed by atoms with Gasteiger partial charge in [-0.2, -0.15) is 9.37 Å². The van der Waals surface area contributed by atoms with Crippen LogP contribution in [0.15, 0.2) is 36.5 Å². The average Bonchev–Trinajstić information content (AvgIpc) is 2.67. The van der Waals surface area contributed by atoms with Crippen molar-refractivity contribution in [3.8, 4) is 5.88 Å². The van der Waals surface area contributed by atoms with Crippen LogP contribution in [0.25, 0.3) is 0 Å². The summed E-state index contributed by atoms with van der Waals surface area (Å²) in [7, 11) is 1.40. The van der Waals surface area contributed by atoms with Crippen LogP contribution in [0.5, 0.6) is 5.88 Å². The van der Waals surface area contributed by atoms with Crippen molar-refractivity contribution in [1.82, 2.24) is 14.9 Å². The number of aromatic nitrogens is 2. The maximum atomic E-state index is 13.4. The summed E-state index contributed by atoms with van der Waals surface area (Å²) in [5.41, 5.74) is 1.38. The Morgan fingerprint density at radius 3 is 2.96 bits per heavy atom. The average molecular weight is 344 g/mol. The van der Waals surface area contributed by atoms with E-state index in [0.717, 1.165) is 38.8 Å². The number of nitrogens with one attached hydrogen (secondary N) is 1. The van der Waals surface area contributed by atoms with Crippen LogP contribution in [0, 0.1) is 11.7 Å². The van der Waals surface area contributed by atoms with Gasteiger partial charge < -0.3 is 15.0 Å². The Morgan fingerprint density at radius 2 is 2.16 bits per heavy atom. The predicted molar refractivity (Wildman–Crippen MR) is 96.3 cm³/mol. The highest BCUT2D eigenvalue weighted by atomic mass is 19.1. The fourth-order valence-electron chi connectivity index (χ4n) is 3.27. The van der Waals surface area contributed by atoms with Crippen LogP contribution in [0.2, 0.25) is 0 Å². The normalized spacial score (nSPS) is 18.1. The molecule has 0 bridgehead atoms. The number of anilines is 1. The van der Waals surface area contributed by atoms with E-state index in [1.807, 2.05) is 0 Å². The van der Waals surface area contributed by atoms with Crippen molar-refractivity contribution in [2.75, 3.05) is 38.6 Å². The molecular weight excluding hydrogens is 319 g/mol. The van der Waals surface area contributed by atoms with Gasteiger partial charge >= 0.3 is 0 Å². The highest BCUT2D eigenvalue weighted by Crippen LogP contribution is 2.18. The zero-order valence-corrected chi connectivity index (χ0v) is 14.6. The number of hydrogen-bond acceptors (Lipinski definition) is 5. The number of methoxy groups -OCH3 is 1. The molecular formula is C19H25FN4O. The maximum absolute atomic E-state index is 13.4. The first-order chi connectivity index (χ1) is 12.2. The lowest BCUT2D eigenvalue weighted by Gasteiger charge is -2.32. The molecule has 1 aromatic carbocycles. The molecule has 1 aliphatic rings. The Labute approximate surface area is 148 Å². The zero-order valence-electron chi connectivity index (χ0n) is 14.6. The van der Waals surface area contributed by atoms with Crippen LogP contribution >= 0.6 is 0 Å². The molecule has 1 aliphatic heterocycles. The van der Waals surface area contributed by atoms with E-state index in [1.165, 1.54) is 25.5 Å². The van der Waals surface area contributed by atoms with Gasteiger partial charge in [0.2, 0.25) is 11.8 Å². The number of piperidine rings is 1. The molecule has 5 nitrogen and oxygen atoms in total. The second-order valence-electron chi connectivity index (χ2n) is 6.48. The molecule has 134 valence electrons.